The molecule has 1 atom stereocenters. The largest absolute Gasteiger partial charge is 0.488 e. The van der Waals surface area contributed by atoms with E-state index in [4.69, 9.17) is 23.7 Å². The third-order valence-corrected chi connectivity index (χ3v) is 7.65. The Kier molecular flexibility index (Phi) is 11.6. The maximum absolute atomic E-state index is 9.46. The second-order valence-corrected chi connectivity index (χ2v) is 20.3. The molecule has 0 heterocycles. The summed E-state index contributed by atoms with van der Waals surface area (Å²) in [6.07, 6.45) is 0. The third kappa shape index (κ3) is 10.9. The molecule has 7 nitrogen and oxygen atoms in total. The molecule has 0 aliphatic rings. The maximum Gasteiger partial charge on any atom is 0.488 e. The van der Waals surface area contributed by atoms with Crippen LogP contribution in [0.5, 0.6) is 11.5 Å². The van der Waals surface area contributed by atoms with E-state index in [0.29, 0.717) is 36.8 Å². The highest BCUT2D eigenvalue weighted by Gasteiger charge is 2.28. The van der Waals surface area contributed by atoms with E-state index in [2.05, 4.69) is 39.3 Å². The molecule has 0 bridgehead atoms. The lowest BCUT2D eigenvalue weighted by Crippen LogP contribution is -2.43. The molecule has 0 radical (unpaired) electrons. The Balaban J connectivity index is 2.63. The van der Waals surface area contributed by atoms with Crippen molar-refractivity contribution in [2.75, 3.05) is 33.2 Å². The summed E-state index contributed by atoms with van der Waals surface area (Å²) >= 11 is 0. The fourth-order valence-corrected chi connectivity index (χ4v) is 4.51. The SMILES string of the molecule is CCOC(OCCOc1cc(B(O)O)ccc1OCOCC[Si](C)(C)C)[Si](C)(C)C. The van der Waals surface area contributed by atoms with Crippen molar-refractivity contribution in [3.05, 3.63) is 18.2 Å². The van der Waals surface area contributed by atoms with E-state index < -0.39 is 23.3 Å². The van der Waals surface area contributed by atoms with Gasteiger partial charge >= 0.3 is 7.12 Å². The standard InChI is InChI=1S/C20H39BO7Si2/c1-8-25-20(30(5,6)7)27-12-11-26-19-15-17(21(22)23)9-10-18(19)28-16-24-13-14-29(2,3)4/h9-10,15,20,22-23H,8,11-14,16H2,1-7H3. The molecule has 1 rings (SSSR count). The van der Waals surface area contributed by atoms with E-state index >= 15 is 0 Å². The van der Waals surface area contributed by atoms with Gasteiger partial charge in [0.25, 0.3) is 0 Å². The number of rotatable bonds is 15. The normalized spacial score (nSPS) is 13.2. The van der Waals surface area contributed by atoms with Crippen LogP contribution in [0.15, 0.2) is 18.2 Å². The lowest BCUT2D eigenvalue weighted by molar-refractivity contribution is -0.0972. The van der Waals surface area contributed by atoms with E-state index in [-0.39, 0.29) is 19.3 Å². The summed E-state index contributed by atoms with van der Waals surface area (Å²) in [4.78, 5) is 0. The molecule has 0 aromatic heterocycles. The molecule has 1 aromatic rings. The summed E-state index contributed by atoms with van der Waals surface area (Å²) < 4.78 is 28.7. The van der Waals surface area contributed by atoms with Gasteiger partial charge in [-0.3, -0.25) is 0 Å². The Morgan fingerprint density at radius 1 is 0.900 bits per heavy atom. The zero-order valence-electron chi connectivity index (χ0n) is 19.6. The molecular weight excluding hydrogens is 419 g/mol. The van der Waals surface area contributed by atoms with Crippen molar-refractivity contribution in [3.63, 3.8) is 0 Å². The summed E-state index contributed by atoms with van der Waals surface area (Å²) in [6, 6.07) is 5.85. The minimum absolute atomic E-state index is 0.112. The minimum atomic E-state index is -1.62. The van der Waals surface area contributed by atoms with Crippen molar-refractivity contribution in [2.24, 2.45) is 0 Å². The summed E-state index contributed by atoms with van der Waals surface area (Å²) in [5.41, 5.74) is 0.326. The molecule has 172 valence electrons. The van der Waals surface area contributed by atoms with E-state index in [0.717, 1.165) is 6.04 Å². The molecule has 0 spiro atoms. The summed E-state index contributed by atoms with van der Waals surface area (Å²) in [5.74, 6) is 0.699. The monoisotopic (exact) mass is 458 g/mol. The van der Waals surface area contributed by atoms with Crippen molar-refractivity contribution < 1.29 is 33.7 Å². The molecule has 0 aliphatic carbocycles. The zero-order chi connectivity index (χ0) is 22.8. The van der Waals surface area contributed by atoms with Crippen molar-refractivity contribution in [3.8, 4) is 11.5 Å². The molecule has 30 heavy (non-hydrogen) atoms. The van der Waals surface area contributed by atoms with Gasteiger partial charge in [0.15, 0.2) is 18.3 Å². The molecule has 0 fully saturated rings. The second kappa shape index (κ2) is 12.8. The van der Waals surface area contributed by atoms with Crippen molar-refractivity contribution in [2.45, 2.75) is 58.2 Å². The smallest absolute Gasteiger partial charge is 0.487 e. The van der Waals surface area contributed by atoms with Gasteiger partial charge in [-0.05, 0) is 30.6 Å². The molecular formula is C20H39BO7Si2. The van der Waals surface area contributed by atoms with E-state index in [1.54, 1.807) is 18.2 Å². The fraction of sp³-hybridized carbons (Fsp3) is 0.700. The first-order valence-corrected chi connectivity index (χ1v) is 17.8. The van der Waals surface area contributed by atoms with Gasteiger partial charge in [0.1, 0.15) is 20.6 Å². The van der Waals surface area contributed by atoms with Crippen LogP contribution in [0.3, 0.4) is 0 Å². The Bertz CT molecular complexity index is 618. The molecule has 1 aromatic carbocycles. The topological polar surface area (TPSA) is 86.6 Å². The third-order valence-electron chi connectivity index (χ3n) is 4.20. The average molecular weight is 459 g/mol. The first-order chi connectivity index (χ1) is 13.9. The summed E-state index contributed by atoms with van der Waals surface area (Å²) in [7, 11) is -4.35. The average Bonchev–Trinajstić information content (AvgIpc) is 2.62. The lowest BCUT2D eigenvalue weighted by Gasteiger charge is -2.28. The molecule has 0 saturated carbocycles. The predicted octanol–water partition coefficient (Wildman–Crippen LogP) is 2.69. The minimum Gasteiger partial charge on any atom is -0.487 e. The van der Waals surface area contributed by atoms with Gasteiger partial charge in [-0.2, -0.15) is 0 Å². The quantitative estimate of drug-likeness (QED) is 0.237. The van der Waals surface area contributed by atoms with Crippen LogP contribution in [0.4, 0.5) is 0 Å². The molecule has 10 heteroatoms. The van der Waals surface area contributed by atoms with Crippen LogP contribution in [0, 0.1) is 0 Å². The van der Waals surface area contributed by atoms with Gasteiger partial charge in [0.2, 0.25) is 0 Å². The van der Waals surface area contributed by atoms with Gasteiger partial charge in [-0.15, -0.1) is 0 Å². The first kappa shape index (κ1) is 27.2. The first-order valence-electron chi connectivity index (χ1n) is 10.5. The van der Waals surface area contributed by atoms with Crippen LogP contribution in [-0.2, 0) is 14.2 Å². The zero-order valence-corrected chi connectivity index (χ0v) is 21.6. The summed E-state index contributed by atoms with van der Waals surface area (Å²) in [6.45, 7) is 17.4. The highest BCUT2D eigenvalue weighted by Crippen LogP contribution is 2.26. The van der Waals surface area contributed by atoms with Crippen LogP contribution in [0.25, 0.3) is 0 Å². The Labute approximate surface area is 183 Å². The van der Waals surface area contributed by atoms with Gasteiger partial charge in [-0.25, -0.2) is 0 Å². The van der Waals surface area contributed by atoms with Gasteiger partial charge in [0, 0.05) is 21.3 Å². The highest BCUT2D eigenvalue weighted by atomic mass is 28.3. The van der Waals surface area contributed by atoms with Crippen LogP contribution in [0.2, 0.25) is 45.3 Å². The van der Waals surface area contributed by atoms with E-state index in [1.807, 2.05) is 6.92 Å². The van der Waals surface area contributed by atoms with Gasteiger partial charge in [0.05, 0.1) is 6.61 Å². The second-order valence-electron chi connectivity index (χ2n) is 9.43. The maximum atomic E-state index is 9.46. The van der Waals surface area contributed by atoms with Crippen LogP contribution in [-0.4, -0.2) is 72.4 Å². The lowest BCUT2D eigenvalue weighted by atomic mass is 9.80. The molecule has 0 amide bonds. The van der Waals surface area contributed by atoms with Crippen LogP contribution in [0.1, 0.15) is 6.92 Å². The predicted molar refractivity (Wildman–Crippen MR) is 126 cm³/mol. The number of ether oxygens (including phenoxy) is 5. The van der Waals surface area contributed by atoms with Crippen LogP contribution >= 0.6 is 0 Å². The van der Waals surface area contributed by atoms with Crippen molar-refractivity contribution in [1.82, 2.24) is 0 Å². The van der Waals surface area contributed by atoms with Crippen molar-refractivity contribution >= 4 is 28.7 Å². The number of benzene rings is 1. The molecule has 0 saturated heterocycles. The molecule has 0 aliphatic heterocycles. The van der Waals surface area contributed by atoms with E-state index in [1.165, 1.54) is 0 Å². The molecule has 2 N–H and O–H groups in total. The Morgan fingerprint density at radius 2 is 1.60 bits per heavy atom. The van der Waals surface area contributed by atoms with Crippen LogP contribution < -0.4 is 14.9 Å². The van der Waals surface area contributed by atoms with E-state index in [9.17, 15) is 10.0 Å². The fourth-order valence-electron chi connectivity index (χ4n) is 2.47. The van der Waals surface area contributed by atoms with Gasteiger partial charge in [-0.1, -0.05) is 45.3 Å². The van der Waals surface area contributed by atoms with Gasteiger partial charge < -0.3 is 33.7 Å². The summed E-state index contributed by atoms with van der Waals surface area (Å²) in [5, 5.41) is 18.9. The van der Waals surface area contributed by atoms with Crippen molar-refractivity contribution in [1.29, 1.82) is 0 Å². The highest BCUT2D eigenvalue weighted by molar-refractivity contribution is 6.77. The number of hydrogen-bond acceptors (Lipinski definition) is 7. The Morgan fingerprint density at radius 3 is 2.17 bits per heavy atom. The molecule has 1 unspecified atom stereocenters. The Hall–Kier alpha value is -0.881. The number of hydrogen-bond donors (Lipinski definition) is 2.